The van der Waals surface area contributed by atoms with Crippen molar-refractivity contribution < 1.29 is 65.3 Å². The molecule has 1 aliphatic carbocycles. The smallest absolute Gasteiger partial charge is 0.418 e. The molecule has 2 atom stereocenters. The number of Topliss-reactive ketones (excluding diaryl/α,β-unsaturated/α-hetero) is 1. The Morgan fingerprint density at radius 3 is 2.24 bits per heavy atom. The molecule has 3 aromatic rings. The van der Waals surface area contributed by atoms with Gasteiger partial charge in [-0.05, 0) is 48.7 Å². The number of anilines is 1. The Kier molecular flexibility index (Phi) is 15.3. The third-order valence-electron chi connectivity index (χ3n) is 9.68. The molecule has 1 spiro atoms. The number of aryl methyl sites for hydroxylation is 1. The number of nitrogens with zero attached hydrogens (tertiary/aromatic N) is 2. The van der Waals surface area contributed by atoms with E-state index in [1.807, 2.05) is 6.07 Å². The van der Waals surface area contributed by atoms with Crippen molar-refractivity contribution in [1.29, 1.82) is 0 Å². The van der Waals surface area contributed by atoms with Crippen LogP contribution in [-0.2, 0) is 56.7 Å². The first-order valence-corrected chi connectivity index (χ1v) is 18.8. The van der Waals surface area contributed by atoms with Gasteiger partial charge in [0.25, 0.3) is 5.91 Å². The van der Waals surface area contributed by atoms with E-state index in [4.69, 9.17) is 18.9 Å². The molecule has 3 aromatic carbocycles. The third kappa shape index (κ3) is 11.9. The van der Waals surface area contributed by atoms with Crippen LogP contribution in [0.5, 0.6) is 0 Å². The summed E-state index contributed by atoms with van der Waals surface area (Å²) in [5.41, 5.74) is 0.207. The van der Waals surface area contributed by atoms with E-state index < -0.39 is 60.5 Å². The lowest BCUT2D eigenvalue weighted by molar-refractivity contribution is -0.187. The summed E-state index contributed by atoms with van der Waals surface area (Å²) in [6, 6.07) is 15.6. The van der Waals surface area contributed by atoms with Gasteiger partial charge in [-0.3, -0.25) is 24.0 Å². The summed E-state index contributed by atoms with van der Waals surface area (Å²) >= 11 is 0. The normalized spacial score (nSPS) is 16.5. The second kappa shape index (κ2) is 20.3. The van der Waals surface area contributed by atoms with Gasteiger partial charge in [0.1, 0.15) is 25.0 Å². The quantitative estimate of drug-likeness (QED) is 0.0873. The zero-order chi connectivity index (χ0) is 42.6. The Morgan fingerprint density at radius 2 is 1.54 bits per heavy atom. The van der Waals surface area contributed by atoms with Crippen LogP contribution in [0.1, 0.15) is 53.2 Å². The Bertz CT molecular complexity index is 1980. The molecule has 5 rings (SSSR count). The monoisotopic (exact) mass is 828 g/mol. The van der Waals surface area contributed by atoms with Crippen molar-refractivity contribution >= 4 is 41.2 Å². The molecule has 1 heterocycles. The zero-order valence-corrected chi connectivity index (χ0v) is 32.2. The van der Waals surface area contributed by atoms with E-state index in [0.29, 0.717) is 38.8 Å². The topological polar surface area (TPSA) is 170 Å². The highest BCUT2D eigenvalue weighted by atomic mass is 19.4. The fourth-order valence-electron chi connectivity index (χ4n) is 6.47. The van der Waals surface area contributed by atoms with Gasteiger partial charge in [-0.1, -0.05) is 48.5 Å². The number of fused-ring (bicyclic) bond motifs is 2. The number of hydrogen-bond acceptors (Lipinski definition) is 10. The standard InChI is InChI=1S/C41H44F4N4O10/c1-27(41(43,44)45)48(24-28-7-9-31(42)10-8-28)37(53)25-49-38(54)40(59-39(49)55)16-15-30-23-32(11-12-33(30)40)47-36(52)14-13-35(51)46-17-18-56-19-20-57-21-22-58-26-34(50)29-5-3-2-4-6-29/h2-12,23,27H,13-22,24-26H2,1H3,(H,46,51)(H,47,52)/t27-,40+/m0/s1. The van der Waals surface area contributed by atoms with Crippen molar-refractivity contribution in [3.63, 3.8) is 0 Å². The first-order chi connectivity index (χ1) is 28.2. The highest BCUT2D eigenvalue weighted by Gasteiger charge is 2.58. The predicted molar refractivity (Wildman–Crippen MR) is 201 cm³/mol. The molecule has 0 bridgehead atoms. The van der Waals surface area contributed by atoms with E-state index in [1.165, 1.54) is 24.3 Å². The van der Waals surface area contributed by atoms with Gasteiger partial charge in [-0.15, -0.1) is 0 Å². The maximum absolute atomic E-state index is 13.8. The minimum absolute atomic E-state index is 0.00212. The molecule has 1 fully saturated rings. The second-order valence-corrected chi connectivity index (χ2v) is 13.8. The van der Waals surface area contributed by atoms with Crippen LogP contribution in [0.25, 0.3) is 0 Å². The van der Waals surface area contributed by atoms with Gasteiger partial charge < -0.3 is 34.5 Å². The number of halogens is 4. The maximum atomic E-state index is 13.8. The summed E-state index contributed by atoms with van der Waals surface area (Å²) in [4.78, 5) is 77.8. The van der Waals surface area contributed by atoms with Crippen LogP contribution in [0, 0.1) is 5.82 Å². The number of amides is 5. The van der Waals surface area contributed by atoms with E-state index in [0.717, 1.165) is 19.1 Å². The molecular formula is C41H44F4N4O10. The number of benzene rings is 3. The lowest BCUT2D eigenvalue weighted by Crippen LogP contribution is -2.51. The van der Waals surface area contributed by atoms with E-state index in [-0.39, 0.29) is 82.5 Å². The lowest BCUT2D eigenvalue weighted by Gasteiger charge is -2.31. The van der Waals surface area contributed by atoms with E-state index in [2.05, 4.69) is 10.6 Å². The molecule has 1 saturated heterocycles. The van der Waals surface area contributed by atoms with E-state index >= 15 is 0 Å². The number of rotatable bonds is 21. The molecule has 5 amide bonds. The second-order valence-electron chi connectivity index (χ2n) is 13.8. The number of ketones is 1. The summed E-state index contributed by atoms with van der Waals surface area (Å²) in [7, 11) is 0. The summed E-state index contributed by atoms with van der Waals surface area (Å²) < 4.78 is 76.4. The molecule has 0 aromatic heterocycles. The molecule has 14 nitrogen and oxygen atoms in total. The molecule has 2 aliphatic rings. The van der Waals surface area contributed by atoms with Gasteiger partial charge in [0.15, 0.2) is 5.78 Å². The summed E-state index contributed by atoms with van der Waals surface area (Å²) in [5.74, 6) is -3.64. The van der Waals surface area contributed by atoms with Gasteiger partial charge >= 0.3 is 12.3 Å². The Morgan fingerprint density at radius 1 is 0.881 bits per heavy atom. The van der Waals surface area contributed by atoms with Crippen LogP contribution in [0.2, 0.25) is 0 Å². The average Bonchev–Trinajstić information content (AvgIpc) is 3.69. The van der Waals surface area contributed by atoms with Crippen molar-refractivity contribution in [3.05, 3.63) is 101 Å². The van der Waals surface area contributed by atoms with Crippen molar-refractivity contribution in [1.82, 2.24) is 15.1 Å². The fraction of sp³-hybridized carbons (Fsp3) is 0.415. The highest BCUT2D eigenvalue weighted by molar-refractivity contribution is 6.06. The summed E-state index contributed by atoms with van der Waals surface area (Å²) in [5, 5.41) is 5.35. The van der Waals surface area contributed by atoms with Crippen LogP contribution in [0.3, 0.4) is 0 Å². The van der Waals surface area contributed by atoms with Gasteiger partial charge in [0, 0.05) is 49.2 Å². The molecule has 59 heavy (non-hydrogen) atoms. The van der Waals surface area contributed by atoms with E-state index in [9.17, 15) is 46.3 Å². The van der Waals surface area contributed by atoms with Crippen molar-refractivity contribution in [2.24, 2.45) is 0 Å². The molecule has 0 saturated carbocycles. The van der Waals surface area contributed by atoms with Crippen molar-refractivity contribution in [3.8, 4) is 0 Å². The van der Waals surface area contributed by atoms with E-state index in [1.54, 1.807) is 30.3 Å². The largest absolute Gasteiger partial charge is 0.427 e. The lowest BCUT2D eigenvalue weighted by atomic mass is 9.94. The Labute approximate surface area is 337 Å². The SMILES string of the molecule is C[C@H](N(Cc1ccc(F)cc1)C(=O)CN1C(=O)O[C@@]2(CCc3cc(NC(=O)CCC(=O)NCCOCCOCCOCC(=O)c4ccccc4)ccc32)C1=O)C(F)(F)F. The number of carbonyl (C=O) groups excluding carboxylic acids is 6. The van der Waals surface area contributed by atoms with Gasteiger partial charge in [0.05, 0.1) is 33.0 Å². The van der Waals surface area contributed by atoms with Crippen LogP contribution < -0.4 is 10.6 Å². The third-order valence-corrected chi connectivity index (χ3v) is 9.68. The van der Waals surface area contributed by atoms with Gasteiger partial charge in [0.2, 0.25) is 23.3 Å². The Hall–Kier alpha value is -5.72. The van der Waals surface area contributed by atoms with Crippen LogP contribution in [-0.4, -0.2) is 110 Å². The molecule has 18 heteroatoms. The first kappa shape index (κ1) is 44.4. The highest BCUT2D eigenvalue weighted by Crippen LogP contribution is 2.46. The summed E-state index contributed by atoms with van der Waals surface area (Å²) in [6.45, 7) is 0.699. The van der Waals surface area contributed by atoms with Crippen molar-refractivity contribution in [2.45, 2.75) is 57.0 Å². The first-order valence-electron chi connectivity index (χ1n) is 18.8. The fourth-order valence-corrected chi connectivity index (χ4v) is 6.47. The number of hydrogen-bond donors (Lipinski definition) is 2. The average molecular weight is 829 g/mol. The van der Waals surface area contributed by atoms with Crippen LogP contribution in [0.15, 0.2) is 72.8 Å². The number of imide groups is 1. The molecule has 2 N–H and O–H groups in total. The van der Waals surface area contributed by atoms with Gasteiger partial charge in [-0.25, -0.2) is 14.1 Å². The molecular weight excluding hydrogens is 784 g/mol. The maximum Gasteiger partial charge on any atom is 0.418 e. The molecule has 0 radical (unpaired) electrons. The van der Waals surface area contributed by atoms with Gasteiger partial charge in [-0.2, -0.15) is 13.2 Å². The molecule has 0 unspecified atom stereocenters. The van der Waals surface area contributed by atoms with Crippen LogP contribution in [0.4, 0.5) is 28.0 Å². The number of alkyl halides is 3. The number of nitrogens with one attached hydrogen (secondary N) is 2. The Balaban J connectivity index is 1.01. The van der Waals surface area contributed by atoms with Crippen molar-refractivity contribution in [2.75, 3.05) is 58.0 Å². The number of carbonyl (C=O) groups is 6. The summed E-state index contributed by atoms with van der Waals surface area (Å²) in [6.07, 6.45) is -6.03. The molecule has 1 aliphatic heterocycles. The minimum Gasteiger partial charge on any atom is -0.427 e. The number of ether oxygens (including phenoxy) is 4. The van der Waals surface area contributed by atoms with Crippen LogP contribution >= 0.6 is 0 Å². The molecule has 316 valence electrons. The predicted octanol–water partition coefficient (Wildman–Crippen LogP) is 4.69. The zero-order valence-electron chi connectivity index (χ0n) is 32.2. The minimum atomic E-state index is -4.84.